The van der Waals surface area contributed by atoms with Crippen molar-refractivity contribution in [1.82, 2.24) is 14.8 Å². The van der Waals surface area contributed by atoms with Gasteiger partial charge < -0.3 is 14.8 Å². The molecule has 1 aromatic carbocycles. The third-order valence-corrected chi connectivity index (χ3v) is 5.41. The van der Waals surface area contributed by atoms with Crippen LogP contribution in [0, 0.1) is 17.7 Å². The van der Waals surface area contributed by atoms with Gasteiger partial charge in [0, 0.05) is 38.8 Å². The van der Waals surface area contributed by atoms with E-state index in [1.54, 1.807) is 29.0 Å². The Morgan fingerprint density at radius 3 is 2.88 bits per heavy atom. The molecule has 1 aromatic heterocycles. The molecule has 0 saturated carbocycles. The Morgan fingerprint density at radius 1 is 1.33 bits per heavy atom. The molecule has 2 saturated heterocycles. The first-order chi connectivity index (χ1) is 11.5. The lowest BCUT2D eigenvalue weighted by atomic mass is 9.89. The third-order valence-electron chi connectivity index (χ3n) is 5.21. The van der Waals surface area contributed by atoms with Gasteiger partial charge in [0.25, 0.3) is 5.91 Å². The summed E-state index contributed by atoms with van der Waals surface area (Å²) in [6.45, 7) is 2.43. The van der Waals surface area contributed by atoms with Crippen LogP contribution in [0.1, 0.15) is 22.1 Å². The zero-order valence-electron chi connectivity index (χ0n) is 13.4. The molecular weight excluding hydrogens is 329 g/mol. The summed E-state index contributed by atoms with van der Waals surface area (Å²) in [6, 6.07) is 8.19. The third kappa shape index (κ3) is 2.52. The number of halogens is 2. The molecule has 1 amide bonds. The summed E-state index contributed by atoms with van der Waals surface area (Å²) < 4.78 is 15.5. The number of amides is 1. The second-order valence-electron chi connectivity index (χ2n) is 6.69. The smallest absolute Gasteiger partial charge is 0.271 e. The number of aryl methyl sites for hydroxylation is 1. The molecule has 0 aliphatic carbocycles. The first-order valence-electron chi connectivity index (χ1n) is 8.13. The number of likely N-dealkylation sites (tertiary alicyclic amines) is 1. The molecule has 24 heavy (non-hydrogen) atoms. The molecule has 6 heteroatoms. The van der Waals surface area contributed by atoms with Crippen LogP contribution in [0.3, 0.4) is 0 Å². The fraction of sp³-hybridized carbons (Fsp3) is 0.389. The van der Waals surface area contributed by atoms with Crippen molar-refractivity contribution in [3.63, 3.8) is 0 Å². The zero-order chi connectivity index (χ0) is 16.8. The van der Waals surface area contributed by atoms with E-state index >= 15 is 0 Å². The summed E-state index contributed by atoms with van der Waals surface area (Å²) in [5, 5.41) is 3.94. The van der Waals surface area contributed by atoms with E-state index in [4.69, 9.17) is 11.6 Å². The normalized spacial score (nSPS) is 26.0. The van der Waals surface area contributed by atoms with Gasteiger partial charge in [0.1, 0.15) is 11.5 Å². The topological polar surface area (TPSA) is 37.3 Å². The minimum atomic E-state index is -0.267. The van der Waals surface area contributed by atoms with Crippen molar-refractivity contribution in [2.24, 2.45) is 18.9 Å². The summed E-state index contributed by atoms with van der Waals surface area (Å²) in [6.07, 6.45) is 1.73. The number of aromatic nitrogens is 1. The molecule has 126 valence electrons. The Kier molecular flexibility index (Phi) is 3.85. The summed E-state index contributed by atoms with van der Waals surface area (Å²) in [5.74, 6) is 0.397. The Labute approximate surface area is 145 Å². The van der Waals surface area contributed by atoms with Crippen LogP contribution in [0.2, 0.25) is 5.02 Å². The predicted molar refractivity (Wildman–Crippen MR) is 90.5 cm³/mol. The van der Waals surface area contributed by atoms with Gasteiger partial charge in [-0.2, -0.15) is 0 Å². The van der Waals surface area contributed by atoms with Crippen molar-refractivity contribution in [3.8, 4) is 0 Å². The van der Waals surface area contributed by atoms with Crippen LogP contribution >= 0.6 is 11.6 Å². The molecule has 2 fully saturated rings. The van der Waals surface area contributed by atoms with Gasteiger partial charge in [0.2, 0.25) is 0 Å². The number of hydrogen-bond acceptors (Lipinski definition) is 2. The highest BCUT2D eigenvalue weighted by molar-refractivity contribution is 6.31. The molecule has 2 aromatic rings. The highest BCUT2D eigenvalue weighted by Gasteiger charge is 2.47. The fourth-order valence-electron chi connectivity index (χ4n) is 4.13. The molecule has 4 rings (SSSR count). The second-order valence-corrected chi connectivity index (χ2v) is 7.13. The maximum absolute atomic E-state index is 13.7. The van der Waals surface area contributed by atoms with Crippen molar-refractivity contribution in [3.05, 3.63) is 58.6 Å². The van der Waals surface area contributed by atoms with E-state index in [9.17, 15) is 9.18 Å². The van der Waals surface area contributed by atoms with Crippen molar-refractivity contribution in [2.45, 2.75) is 6.04 Å². The number of hydrogen-bond donors (Lipinski definition) is 1. The minimum absolute atomic E-state index is 0.0481. The molecule has 0 unspecified atom stereocenters. The quantitative estimate of drug-likeness (QED) is 0.907. The molecule has 1 N–H and O–H groups in total. The molecular formula is C18H19ClFN3O. The Hall–Kier alpha value is -1.85. The number of rotatable bonds is 2. The monoisotopic (exact) mass is 347 g/mol. The van der Waals surface area contributed by atoms with E-state index in [-0.39, 0.29) is 17.8 Å². The average molecular weight is 348 g/mol. The number of nitrogens with one attached hydrogen (secondary N) is 1. The molecule has 3 heterocycles. The molecule has 4 nitrogen and oxygen atoms in total. The van der Waals surface area contributed by atoms with Crippen molar-refractivity contribution < 1.29 is 9.18 Å². The molecule has 0 spiro atoms. The van der Waals surface area contributed by atoms with E-state index in [0.29, 0.717) is 29.1 Å². The lowest BCUT2D eigenvalue weighted by molar-refractivity contribution is 0.0704. The Balaban J connectivity index is 1.73. The van der Waals surface area contributed by atoms with Crippen LogP contribution in [0.25, 0.3) is 0 Å². The lowest BCUT2D eigenvalue weighted by Gasteiger charge is -2.28. The van der Waals surface area contributed by atoms with E-state index in [2.05, 4.69) is 5.32 Å². The van der Waals surface area contributed by atoms with E-state index in [1.807, 2.05) is 18.0 Å². The van der Waals surface area contributed by atoms with Gasteiger partial charge in [-0.05, 0) is 29.7 Å². The van der Waals surface area contributed by atoms with Crippen LogP contribution in [-0.2, 0) is 7.05 Å². The zero-order valence-corrected chi connectivity index (χ0v) is 14.1. The van der Waals surface area contributed by atoms with Gasteiger partial charge in [-0.3, -0.25) is 4.79 Å². The van der Waals surface area contributed by atoms with Gasteiger partial charge in [0.15, 0.2) is 0 Å². The maximum atomic E-state index is 13.7. The Bertz CT molecular complexity index is 790. The molecule has 0 bridgehead atoms. The van der Waals surface area contributed by atoms with Gasteiger partial charge >= 0.3 is 0 Å². The number of fused-ring (bicyclic) bond motifs is 1. The molecule has 0 radical (unpaired) electrons. The maximum Gasteiger partial charge on any atom is 0.271 e. The SMILES string of the molecule is Cn1cc(Cl)cc1C(=O)N1C[C@@H]2CNC[C@@H]2[C@H]1c1cccc(F)c1. The molecule has 3 atom stereocenters. The summed E-state index contributed by atoms with van der Waals surface area (Å²) in [4.78, 5) is 15.0. The average Bonchev–Trinajstić information content (AvgIpc) is 3.20. The number of carbonyl (C=O) groups is 1. The summed E-state index contributed by atoms with van der Waals surface area (Å²) >= 11 is 6.04. The van der Waals surface area contributed by atoms with Crippen LogP contribution in [0.4, 0.5) is 4.39 Å². The van der Waals surface area contributed by atoms with Gasteiger partial charge in [0.05, 0.1) is 11.1 Å². The van der Waals surface area contributed by atoms with E-state index < -0.39 is 0 Å². The first kappa shape index (κ1) is 15.7. The predicted octanol–water partition coefficient (Wildman–Crippen LogP) is 2.85. The standard InChI is InChI=1S/C18H19ClFN3O/c1-22-10-13(19)6-16(22)18(24)23-9-12-7-21-8-15(12)17(23)11-3-2-4-14(20)5-11/h2-6,10,12,15,17,21H,7-9H2,1H3/t12-,15-,17+/m0/s1. The van der Waals surface area contributed by atoms with Gasteiger partial charge in [-0.15, -0.1) is 0 Å². The summed E-state index contributed by atoms with van der Waals surface area (Å²) in [5.41, 5.74) is 1.43. The Morgan fingerprint density at radius 2 is 2.17 bits per heavy atom. The van der Waals surface area contributed by atoms with E-state index in [1.165, 1.54) is 6.07 Å². The largest absolute Gasteiger partial charge is 0.345 e. The van der Waals surface area contributed by atoms with Crippen LogP contribution in [-0.4, -0.2) is 35.0 Å². The van der Waals surface area contributed by atoms with Crippen molar-refractivity contribution >= 4 is 17.5 Å². The lowest BCUT2D eigenvalue weighted by Crippen LogP contribution is -2.35. The van der Waals surface area contributed by atoms with Crippen LogP contribution in [0.5, 0.6) is 0 Å². The van der Waals surface area contributed by atoms with E-state index in [0.717, 1.165) is 18.7 Å². The van der Waals surface area contributed by atoms with Crippen LogP contribution < -0.4 is 5.32 Å². The van der Waals surface area contributed by atoms with Gasteiger partial charge in [-0.1, -0.05) is 23.7 Å². The highest BCUT2D eigenvalue weighted by atomic mass is 35.5. The number of benzene rings is 1. The van der Waals surface area contributed by atoms with Crippen molar-refractivity contribution in [1.29, 1.82) is 0 Å². The highest BCUT2D eigenvalue weighted by Crippen LogP contribution is 2.43. The minimum Gasteiger partial charge on any atom is -0.345 e. The summed E-state index contributed by atoms with van der Waals surface area (Å²) in [7, 11) is 1.81. The fourth-order valence-corrected chi connectivity index (χ4v) is 4.38. The number of nitrogens with zero attached hydrogens (tertiary/aromatic N) is 2. The number of carbonyl (C=O) groups excluding carboxylic acids is 1. The second kappa shape index (κ2) is 5.90. The van der Waals surface area contributed by atoms with Crippen molar-refractivity contribution in [2.75, 3.05) is 19.6 Å². The first-order valence-corrected chi connectivity index (χ1v) is 8.51. The molecule has 2 aliphatic heterocycles. The molecule has 2 aliphatic rings. The van der Waals surface area contributed by atoms with Gasteiger partial charge in [-0.25, -0.2) is 4.39 Å². The van der Waals surface area contributed by atoms with Crippen LogP contribution in [0.15, 0.2) is 36.5 Å².